The first-order chi connectivity index (χ1) is 7.31. The van der Waals surface area contributed by atoms with Crippen LogP contribution in [0.2, 0.25) is 0 Å². The summed E-state index contributed by atoms with van der Waals surface area (Å²) < 4.78 is 0. The summed E-state index contributed by atoms with van der Waals surface area (Å²) in [6.45, 7) is 4.52. The molecule has 0 aromatic carbocycles. The molecule has 91 valence electrons. The fraction of sp³-hybridized carbons (Fsp3) is 1.00. The summed E-state index contributed by atoms with van der Waals surface area (Å²) in [5.41, 5.74) is 0. The Morgan fingerprint density at radius 1 is 0.667 bits per heavy atom. The predicted octanol–water partition coefficient (Wildman–Crippen LogP) is 5.88. The average molecular weight is 229 g/mol. The van der Waals surface area contributed by atoms with Crippen molar-refractivity contribution in [3.05, 3.63) is 0 Å². The Labute approximate surface area is 103 Å². The van der Waals surface area contributed by atoms with Gasteiger partial charge in [0.25, 0.3) is 0 Å². The zero-order chi connectivity index (χ0) is 11.4. The van der Waals surface area contributed by atoms with E-state index in [4.69, 9.17) is 12.6 Å². The van der Waals surface area contributed by atoms with Gasteiger partial charge in [-0.2, -0.15) is 0 Å². The van der Waals surface area contributed by atoms with Crippen LogP contribution in [0.4, 0.5) is 0 Å². The van der Waals surface area contributed by atoms with E-state index < -0.39 is 0 Å². The molecule has 15 heavy (non-hydrogen) atoms. The van der Waals surface area contributed by atoms with Crippen molar-refractivity contribution in [2.45, 2.75) is 89.7 Å². The van der Waals surface area contributed by atoms with Crippen LogP contribution in [-0.2, 0) is 0 Å². The normalized spacial score (nSPS) is 13.0. The van der Waals surface area contributed by atoms with Crippen molar-refractivity contribution in [2.24, 2.45) is 0 Å². The maximum Gasteiger partial charge on any atom is 0.0151 e. The molecule has 0 bridgehead atoms. The van der Waals surface area contributed by atoms with Crippen molar-refractivity contribution < 1.29 is 0 Å². The quantitative estimate of drug-likeness (QED) is 0.388. The lowest BCUT2D eigenvalue weighted by molar-refractivity contribution is 0.555. The highest BCUT2D eigenvalue weighted by Gasteiger charge is 2.02. The van der Waals surface area contributed by atoms with Gasteiger partial charge in [0.05, 0.1) is 0 Å². The van der Waals surface area contributed by atoms with Crippen molar-refractivity contribution in [1.82, 2.24) is 0 Å². The summed E-state index contributed by atoms with van der Waals surface area (Å²) in [5, 5.41) is 0.556. The lowest BCUT2D eigenvalue weighted by Crippen LogP contribution is -1.98. The van der Waals surface area contributed by atoms with Crippen molar-refractivity contribution in [2.75, 3.05) is 0 Å². The van der Waals surface area contributed by atoms with Crippen molar-refractivity contribution in [1.29, 1.82) is 0 Å². The first kappa shape index (κ1) is 15.3. The molecule has 1 radical (unpaired) electrons. The first-order valence-corrected chi connectivity index (χ1v) is 7.44. The molecule has 0 aliphatic carbocycles. The van der Waals surface area contributed by atoms with E-state index in [2.05, 4.69) is 13.8 Å². The lowest BCUT2D eigenvalue weighted by atomic mass is 10.1. The molecular formula is C14H29S. The van der Waals surface area contributed by atoms with E-state index in [9.17, 15) is 0 Å². The smallest absolute Gasteiger partial charge is 0.0151 e. The maximum absolute atomic E-state index is 5.42. The fourth-order valence-corrected chi connectivity index (χ4v) is 2.24. The zero-order valence-corrected chi connectivity index (χ0v) is 11.6. The topological polar surface area (TPSA) is 0 Å². The molecule has 0 rings (SSSR count). The maximum atomic E-state index is 5.42. The van der Waals surface area contributed by atoms with Crippen LogP contribution >= 0.6 is 12.6 Å². The van der Waals surface area contributed by atoms with Gasteiger partial charge in [-0.15, -0.1) is 0 Å². The second kappa shape index (κ2) is 12.4. The molecule has 0 spiro atoms. The van der Waals surface area contributed by atoms with Gasteiger partial charge in [0.15, 0.2) is 0 Å². The predicted molar refractivity (Wildman–Crippen MR) is 73.5 cm³/mol. The molecule has 0 heterocycles. The standard InChI is InChI=1S/C14H29S/c1-3-5-7-8-9-10-11-13-14(15)12-6-4-2/h14H,3-13H2,1-2H3. The summed E-state index contributed by atoms with van der Waals surface area (Å²) >= 11 is 5.42. The molecule has 0 saturated carbocycles. The minimum absolute atomic E-state index is 0.556. The van der Waals surface area contributed by atoms with E-state index in [-0.39, 0.29) is 0 Å². The summed E-state index contributed by atoms with van der Waals surface area (Å²) in [7, 11) is 0. The van der Waals surface area contributed by atoms with Gasteiger partial charge in [-0.1, -0.05) is 84.3 Å². The number of rotatable bonds is 11. The molecule has 1 unspecified atom stereocenters. The fourth-order valence-electron chi connectivity index (χ4n) is 1.91. The number of hydrogen-bond donors (Lipinski definition) is 0. The molecule has 0 N–H and O–H groups in total. The van der Waals surface area contributed by atoms with Crippen molar-refractivity contribution >= 4 is 12.6 Å². The van der Waals surface area contributed by atoms with Crippen LogP contribution in [0.15, 0.2) is 0 Å². The van der Waals surface area contributed by atoms with Gasteiger partial charge in [-0.25, -0.2) is 0 Å². The van der Waals surface area contributed by atoms with Gasteiger partial charge in [-0.05, 0) is 12.8 Å². The van der Waals surface area contributed by atoms with Crippen LogP contribution < -0.4 is 0 Å². The number of unbranched alkanes of at least 4 members (excludes halogenated alkanes) is 7. The Morgan fingerprint density at radius 2 is 1.13 bits per heavy atom. The molecule has 0 aliphatic rings. The van der Waals surface area contributed by atoms with Crippen LogP contribution in [0.3, 0.4) is 0 Å². The van der Waals surface area contributed by atoms with Crippen molar-refractivity contribution in [3.8, 4) is 0 Å². The summed E-state index contributed by atoms with van der Waals surface area (Å²) in [5.74, 6) is 0. The van der Waals surface area contributed by atoms with Crippen molar-refractivity contribution in [3.63, 3.8) is 0 Å². The summed E-state index contributed by atoms with van der Waals surface area (Å²) in [6.07, 6.45) is 15.0. The second-order valence-electron chi connectivity index (χ2n) is 4.67. The second-order valence-corrected chi connectivity index (χ2v) is 5.34. The highest BCUT2D eigenvalue weighted by molar-refractivity contribution is 7.80. The van der Waals surface area contributed by atoms with Gasteiger partial charge >= 0.3 is 0 Å². The zero-order valence-electron chi connectivity index (χ0n) is 10.8. The van der Waals surface area contributed by atoms with Crippen LogP contribution in [0.5, 0.6) is 0 Å². The van der Waals surface area contributed by atoms with Gasteiger partial charge in [0.1, 0.15) is 0 Å². The molecular weight excluding hydrogens is 200 g/mol. The van der Waals surface area contributed by atoms with Crippen LogP contribution in [-0.4, -0.2) is 5.25 Å². The Bertz CT molecular complexity index is 112. The molecule has 0 aromatic heterocycles. The third-order valence-electron chi connectivity index (χ3n) is 3.01. The van der Waals surface area contributed by atoms with Crippen LogP contribution in [0.25, 0.3) is 0 Å². The SMILES string of the molecule is CCCCCCCCCC([S])CCCC. The molecule has 1 atom stereocenters. The Morgan fingerprint density at radius 3 is 1.73 bits per heavy atom. The van der Waals surface area contributed by atoms with Crippen LogP contribution in [0, 0.1) is 0 Å². The monoisotopic (exact) mass is 229 g/mol. The highest BCUT2D eigenvalue weighted by atomic mass is 32.1. The van der Waals surface area contributed by atoms with E-state index in [1.165, 1.54) is 70.6 Å². The minimum atomic E-state index is 0.556. The Kier molecular flexibility index (Phi) is 12.7. The Balaban J connectivity index is 3.02. The molecule has 0 saturated heterocycles. The van der Waals surface area contributed by atoms with E-state index in [0.29, 0.717) is 5.25 Å². The summed E-state index contributed by atoms with van der Waals surface area (Å²) in [6, 6.07) is 0. The van der Waals surface area contributed by atoms with E-state index >= 15 is 0 Å². The number of hydrogen-bond acceptors (Lipinski definition) is 0. The highest BCUT2D eigenvalue weighted by Crippen LogP contribution is 2.16. The third-order valence-corrected chi connectivity index (χ3v) is 3.48. The summed E-state index contributed by atoms with van der Waals surface area (Å²) in [4.78, 5) is 0. The Hall–Kier alpha value is 0.350. The molecule has 0 fully saturated rings. The van der Waals surface area contributed by atoms with Gasteiger partial charge in [0, 0.05) is 5.25 Å². The van der Waals surface area contributed by atoms with Gasteiger partial charge in [-0.3, -0.25) is 0 Å². The average Bonchev–Trinajstić information content (AvgIpc) is 2.25. The van der Waals surface area contributed by atoms with Gasteiger partial charge < -0.3 is 0 Å². The van der Waals surface area contributed by atoms with Gasteiger partial charge in [0.2, 0.25) is 0 Å². The molecule has 1 heteroatoms. The van der Waals surface area contributed by atoms with E-state index in [1.807, 2.05) is 0 Å². The largest absolute Gasteiger partial charge is 0.0904 e. The third kappa shape index (κ3) is 12.3. The van der Waals surface area contributed by atoms with E-state index in [0.717, 1.165) is 0 Å². The molecule has 0 amide bonds. The first-order valence-electron chi connectivity index (χ1n) is 6.97. The minimum Gasteiger partial charge on any atom is -0.0904 e. The molecule has 0 nitrogen and oxygen atoms in total. The lowest BCUT2D eigenvalue weighted by Gasteiger charge is -2.08. The van der Waals surface area contributed by atoms with Crippen LogP contribution in [0.1, 0.15) is 84.5 Å². The van der Waals surface area contributed by atoms with E-state index in [1.54, 1.807) is 0 Å². The molecule has 0 aromatic rings. The molecule has 0 aliphatic heterocycles.